The lowest BCUT2D eigenvalue weighted by Gasteiger charge is -2.08. The molecule has 2 N–H and O–H groups in total. The van der Waals surface area contributed by atoms with E-state index in [0.717, 1.165) is 0 Å². The van der Waals surface area contributed by atoms with Gasteiger partial charge in [-0.3, -0.25) is 14.9 Å². The minimum absolute atomic E-state index is 0.0114. The topological polar surface area (TPSA) is 118 Å². The Bertz CT molecular complexity index is 879. The molecule has 9 heteroatoms. The Hall–Kier alpha value is -2.78. The van der Waals surface area contributed by atoms with Crippen molar-refractivity contribution in [3.63, 3.8) is 0 Å². The summed E-state index contributed by atoms with van der Waals surface area (Å²) in [6.45, 7) is 2.08. The van der Waals surface area contributed by atoms with Crippen molar-refractivity contribution in [2.24, 2.45) is 0 Å². The van der Waals surface area contributed by atoms with Crippen LogP contribution in [0.4, 0.5) is 5.69 Å². The normalized spacial score (nSPS) is 11.1. The maximum absolute atomic E-state index is 12.2. The third-order valence-corrected chi connectivity index (χ3v) is 4.88. The van der Waals surface area contributed by atoms with E-state index in [4.69, 9.17) is 0 Å². The smallest absolute Gasteiger partial charge is 0.269 e. The molecule has 0 heterocycles. The van der Waals surface area contributed by atoms with Crippen LogP contribution < -0.4 is 10.0 Å². The summed E-state index contributed by atoms with van der Waals surface area (Å²) >= 11 is 0. The van der Waals surface area contributed by atoms with Gasteiger partial charge in [0, 0.05) is 30.8 Å². The van der Waals surface area contributed by atoms with Gasteiger partial charge in [0.05, 0.1) is 9.82 Å². The Morgan fingerprint density at radius 2 is 1.84 bits per heavy atom. The van der Waals surface area contributed by atoms with E-state index in [1.54, 1.807) is 19.1 Å². The molecule has 2 aromatic rings. The second-order valence-electron chi connectivity index (χ2n) is 5.14. The number of amides is 1. The molecule has 132 valence electrons. The van der Waals surface area contributed by atoms with Gasteiger partial charge in [0.1, 0.15) is 0 Å². The molecular formula is C16H17N3O5S. The van der Waals surface area contributed by atoms with Crippen molar-refractivity contribution in [3.8, 4) is 0 Å². The SMILES string of the molecule is CCNS(=O)(=O)c1cccc(C(=O)NCc2ccc([N+](=O)[O-])cc2)c1. The lowest BCUT2D eigenvalue weighted by Crippen LogP contribution is -2.25. The zero-order valence-corrected chi connectivity index (χ0v) is 14.2. The van der Waals surface area contributed by atoms with Crippen LogP contribution >= 0.6 is 0 Å². The average Bonchev–Trinajstić information content (AvgIpc) is 2.60. The minimum Gasteiger partial charge on any atom is -0.348 e. The van der Waals surface area contributed by atoms with Gasteiger partial charge in [0.2, 0.25) is 10.0 Å². The largest absolute Gasteiger partial charge is 0.348 e. The summed E-state index contributed by atoms with van der Waals surface area (Å²) in [5.74, 6) is -0.438. The monoisotopic (exact) mass is 363 g/mol. The number of nitrogens with one attached hydrogen (secondary N) is 2. The van der Waals surface area contributed by atoms with Gasteiger partial charge in [-0.1, -0.05) is 25.1 Å². The van der Waals surface area contributed by atoms with Crippen LogP contribution in [0.15, 0.2) is 53.4 Å². The fraction of sp³-hybridized carbons (Fsp3) is 0.188. The van der Waals surface area contributed by atoms with Gasteiger partial charge in [0.15, 0.2) is 0 Å². The number of rotatable bonds is 7. The lowest BCUT2D eigenvalue weighted by molar-refractivity contribution is -0.384. The van der Waals surface area contributed by atoms with E-state index >= 15 is 0 Å². The van der Waals surface area contributed by atoms with E-state index in [-0.39, 0.29) is 29.2 Å². The molecule has 0 aromatic heterocycles. The number of nitrogens with zero attached hydrogens (tertiary/aromatic N) is 1. The summed E-state index contributed by atoms with van der Waals surface area (Å²) in [6, 6.07) is 11.5. The van der Waals surface area contributed by atoms with Gasteiger partial charge in [-0.2, -0.15) is 0 Å². The van der Waals surface area contributed by atoms with Gasteiger partial charge in [-0.25, -0.2) is 13.1 Å². The molecule has 0 radical (unpaired) electrons. The van der Waals surface area contributed by atoms with Crippen molar-refractivity contribution in [1.29, 1.82) is 0 Å². The molecule has 8 nitrogen and oxygen atoms in total. The van der Waals surface area contributed by atoms with Gasteiger partial charge in [-0.05, 0) is 23.8 Å². The van der Waals surface area contributed by atoms with Crippen LogP contribution in [0.25, 0.3) is 0 Å². The summed E-state index contributed by atoms with van der Waals surface area (Å²) in [7, 11) is -3.64. The molecule has 0 aliphatic carbocycles. The number of carbonyl (C=O) groups is 1. The maximum Gasteiger partial charge on any atom is 0.269 e. The van der Waals surface area contributed by atoms with Crippen LogP contribution in [0.2, 0.25) is 0 Å². The van der Waals surface area contributed by atoms with E-state index in [1.807, 2.05) is 0 Å². The molecular weight excluding hydrogens is 346 g/mol. The quantitative estimate of drug-likeness (QED) is 0.574. The summed E-state index contributed by atoms with van der Waals surface area (Å²) in [6.07, 6.45) is 0. The van der Waals surface area contributed by atoms with Crippen LogP contribution in [-0.2, 0) is 16.6 Å². The first-order chi connectivity index (χ1) is 11.8. The summed E-state index contributed by atoms with van der Waals surface area (Å²) < 4.78 is 26.3. The number of sulfonamides is 1. The molecule has 0 atom stereocenters. The van der Waals surface area contributed by atoms with E-state index in [9.17, 15) is 23.3 Å². The van der Waals surface area contributed by atoms with Crippen molar-refractivity contribution in [2.45, 2.75) is 18.4 Å². The van der Waals surface area contributed by atoms with Crippen LogP contribution in [0.3, 0.4) is 0 Å². The molecule has 0 fully saturated rings. The van der Waals surface area contributed by atoms with E-state index in [1.165, 1.54) is 36.4 Å². The number of nitro groups is 1. The Morgan fingerprint density at radius 3 is 2.44 bits per heavy atom. The Morgan fingerprint density at radius 1 is 1.16 bits per heavy atom. The van der Waals surface area contributed by atoms with Gasteiger partial charge < -0.3 is 5.32 Å². The minimum atomic E-state index is -3.64. The van der Waals surface area contributed by atoms with Crippen LogP contribution in [-0.4, -0.2) is 25.8 Å². The number of benzene rings is 2. The highest BCUT2D eigenvalue weighted by Crippen LogP contribution is 2.13. The van der Waals surface area contributed by atoms with Crippen LogP contribution in [0.1, 0.15) is 22.8 Å². The highest BCUT2D eigenvalue weighted by Gasteiger charge is 2.15. The Kier molecular flexibility index (Phi) is 5.84. The fourth-order valence-corrected chi connectivity index (χ4v) is 3.18. The predicted octanol–water partition coefficient (Wildman–Crippen LogP) is 1.82. The van der Waals surface area contributed by atoms with Crippen molar-refractivity contribution in [1.82, 2.24) is 10.0 Å². The predicted molar refractivity (Wildman–Crippen MR) is 91.6 cm³/mol. The van der Waals surface area contributed by atoms with E-state index < -0.39 is 20.9 Å². The zero-order chi connectivity index (χ0) is 18.4. The second kappa shape index (κ2) is 7.86. The van der Waals surface area contributed by atoms with Gasteiger partial charge in [-0.15, -0.1) is 0 Å². The maximum atomic E-state index is 12.2. The second-order valence-corrected chi connectivity index (χ2v) is 6.90. The summed E-state index contributed by atoms with van der Waals surface area (Å²) in [5, 5.41) is 13.3. The van der Waals surface area contributed by atoms with Crippen molar-refractivity contribution < 1.29 is 18.1 Å². The molecule has 0 aliphatic rings. The summed E-state index contributed by atoms with van der Waals surface area (Å²) in [4.78, 5) is 22.3. The number of hydrogen-bond donors (Lipinski definition) is 2. The molecule has 0 spiro atoms. The molecule has 0 saturated heterocycles. The zero-order valence-electron chi connectivity index (χ0n) is 13.4. The first kappa shape index (κ1) is 18.6. The van der Waals surface area contributed by atoms with Crippen molar-refractivity contribution in [2.75, 3.05) is 6.54 Å². The Labute approximate surface area is 145 Å². The molecule has 0 saturated carbocycles. The fourth-order valence-electron chi connectivity index (χ4n) is 2.10. The third-order valence-electron chi connectivity index (χ3n) is 3.34. The summed E-state index contributed by atoms with van der Waals surface area (Å²) in [5.41, 5.74) is 0.868. The lowest BCUT2D eigenvalue weighted by atomic mass is 10.2. The first-order valence-corrected chi connectivity index (χ1v) is 8.93. The van der Waals surface area contributed by atoms with Crippen LogP contribution in [0, 0.1) is 10.1 Å². The molecule has 1 amide bonds. The highest BCUT2D eigenvalue weighted by molar-refractivity contribution is 7.89. The number of nitro benzene ring substituents is 1. The first-order valence-electron chi connectivity index (χ1n) is 7.44. The molecule has 0 bridgehead atoms. The molecule has 0 aliphatic heterocycles. The van der Waals surface area contributed by atoms with Gasteiger partial charge in [0.25, 0.3) is 11.6 Å². The molecule has 2 aromatic carbocycles. The molecule has 0 unspecified atom stereocenters. The van der Waals surface area contributed by atoms with Crippen molar-refractivity contribution in [3.05, 3.63) is 69.8 Å². The van der Waals surface area contributed by atoms with Crippen molar-refractivity contribution >= 4 is 21.6 Å². The third kappa shape index (κ3) is 4.85. The van der Waals surface area contributed by atoms with E-state index in [2.05, 4.69) is 10.0 Å². The van der Waals surface area contributed by atoms with Crippen LogP contribution in [0.5, 0.6) is 0 Å². The highest BCUT2D eigenvalue weighted by atomic mass is 32.2. The standard InChI is InChI=1S/C16H17N3O5S/c1-2-18-25(23,24)15-5-3-4-13(10-15)16(20)17-11-12-6-8-14(9-7-12)19(21)22/h3-10,18H,2,11H2,1H3,(H,17,20). The number of hydrogen-bond acceptors (Lipinski definition) is 5. The van der Waals surface area contributed by atoms with Gasteiger partial charge >= 0.3 is 0 Å². The molecule has 25 heavy (non-hydrogen) atoms. The number of carbonyl (C=O) groups excluding carboxylic acids is 1. The van der Waals surface area contributed by atoms with E-state index in [0.29, 0.717) is 5.56 Å². The average molecular weight is 363 g/mol. The molecule has 2 rings (SSSR count). The number of non-ortho nitro benzene ring substituents is 1. The Balaban J connectivity index is 2.07.